The minimum Gasteiger partial charge on any atom is -0.479 e. The highest BCUT2D eigenvalue weighted by Crippen LogP contribution is 2.40. The molecular weight excluding hydrogens is 470 g/mol. The van der Waals surface area contributed by atoms with E-state index in [2.05, 4.69) is 38.4 Å². The molecule has 5 heterocycles. The SMILES string of the molecule is C[C@@H]1Oc2ccc(Nc3nc(CN4CCOCC4)nc4scc(-c5cccs5)c34)cc2NC1=O. The Hall–Kier alpha value is -3.05. The molecule has 1 fully saturated rings. The average molecular weight is 494 g/mol. The second kappa shape index (κ2) is 8.95. The van der Waals surface area contributed by atoms with Gasteiger partial charge in [0.2, 0.25) is 0 Å². The third kappa shape index (κ3) is 4.14. The first-order valence-electron chi connectivity index (χ1n) is 11.1. The fourth-order valence-corrected chi connectivity index (χ4v) is 5.92. The highest BCUT2D eigenvalue weighted by Gasteiger charge is 2.24. The van der Waals surface area contributed by atoms with Gasteiger partial charge in [0.15, 0.2) is 6.10 Å². The van der Waals surface area contributed by atoms with Crippen molar-refractivity contribution in [1.29, 1.82) is 0 Å². The van der Waals surface area contributed by atoms with Crippen molar-refractivity contribution in [1.82, 2.24) is 14.9 Å². The number of rotatable bonds is 5. The topological polar surface area (TPSA) is 88.6 Å². The number of hydrogen-bond acceptors (Lipinski definition) is 9. The van der Waals surface area contributed by atoms with Crippen LogP contribution in [0.25, 0.3) is 20.7 Å². The van der Waals surface area contributed by atoms with Gasteiger partial charge in [-0.25, -0.2) is 9.97 Å². The van der Waals surface area contributed by atoms with Gasteiger partial charge in [-0.1, -0.05) is 6.07 Å². The summed E-state index contributed by atoms with van der Waals surface area (Å²) in [7, 11) is 0. The summed E-state index contributed by atoms with van der Waals surface area (Å²) >= 11 is 3.33. The summed E-state index contributed by atoms with van der Waals surface area (Å²) in [5.41, 5.74) is 2.59. The Bertz CT molecular complexity index is 1350. The average Bonchev–Trinajstić information content (AvgIpc) is 3.51. The van der Waals surface area contributed by atoms with Gasteiger partial charge < -0.3 is 20.1 Å². The summed E-state index contributed by atoms with van der Waals surface area (Å²) in [5, 5.41) is 11.6. The molecule has 0 saturated carbocycles. The van der Waals surface area contributed by atoms with Gasteiger partial charge in [-0.3, -0.25) is 9.69 Å². The molecule has 1 saturated heterocycles. The van der Waals surface area contributed by atoms with E-state index in [-0.39, 0.29) is 5.91 Å². The fraction of sp³-hybridized carbons (Fsp3) is 0.292. The standard InChI is InChI=1S/C24H23N5O3S2/c1-14-23(30)26-17-11-15(4-5-18(17)32-14)25-22-21-16(19-3-2-10-33-19)13-34-24(21)28-20(27-22)12-29-6-8-31-9-7-29/h2-5,10-11,13-14H,6-9,12H2,1H3,(H,26,30)(H,25,27,28)/t14-/m0/s1. The van der Waals surface area contributed by atoms with Crippen molar-refractivity contribution in [3.63, 3.8) is 0 Å². The van der Waals surface area contributed by atoms with Crippen molar-refractivity contribution < 1.29 is 14.3 Å². The molecule has 8 nitrogen and oxygen atoms in total. The van der Waals surface area contributed by atoms with Crippen LogP contribution in [0.15, 0.2) is 41.1 Å². The van der Waals surface area contributed by atoms with Gasteiger partial charge in [-0.15, -0.1) is 22.7 Å². The predicted molar refractivity (Wildman–Crippen MR) is 135 cm³/mol. The van der Waals surface area contributed by atoms with E-state index in [4.69, 9.17) is 19.4 Å². The van der Waals surface area contributed by atoms with Crippen molar-refractivity contribution in [2.24, 2.45) is 0 Å². The minimum atomic E-state index is -0.505. The van der Waals surface area contributed by atoms with E-state index in [0.717, 1.165) is 59.4 Å². The third-order valence-electron chi connectivity index (χ3n) is 5.91. The maximum atomic E-state index is 12.1. The first-order chi connectivity index (χ1) is 16.6. The van der Waals surface area contributed by atoms with Crippen LogP contribution < -0.4 is 15.4 Å². The second-order valence-corrected chi connectivity index (χ2v) is 10.1. The molecule has 1 aromatic carbocycles. The van der Waals surface area contributed by atoms with Gasteiger partial charge in [0.25, 0.3) is 5.91 Å². The Kier molecular flexibility index (Phi) is 5.66. The zero-order chi connectivity index (χ0) is 23.1. The maximum Gasteiger partial charge on any atom is 0.265 e. The number of aromatic nitrogens is 2. The van der Waals surface area contributed by atoms with Crippen LogP contribution in [0.4, 0.5) is 17.2 Å². The van der Waals surface area contributed by atoms with Crippen LogP contribution in [0, 0.1) is 0 Å². The molecule has 3 aromatic heterocycles. The molecule has 6 rings (SSSR count). The highest BCUT2D eigenvalue weighted by atomic mass is 32.1. The van der Waals surface area contributed by atoms with Crippen molar-refractivity contribution in [2.75, 3.05) is 36.9 Å². The monoisotopic (exact) mass is 493 g/mol. The first kappa shape index (κ1) is 21.5. The van der Waals surface area contributed by atoms with E-state index in [1.807, 2.05) is 18.2 Å². The van der Waals surface area contributed by atoms with Crippen LogP contribution in [-0.2, 0) is 16.1 Å². The molecule has 1 atom stereocenters. The first-order valence-corrected chi connectivity index (χ1v) is 12.9. The number of carbonyl (C=O) groups is 1. The van der Waals surface area contributed by atoms with Crippen molar-refractivity contribution >= 4 is 56.0 Å². The normalized spacial score (nSPS) is 18.4. The molecule has 2 N–H and O–H groups in total. The summed E-state index contributed by atoms with van der Waals surface area (Å²) in [5.74, 6) is 2.04. The zero-order valence-electron chi connectivity index (χ0n) is 18.5. The number of ether oxygens (including phenoxy) is 2. The third-order valence-corrected chi connectivity index (χ3v) is 7.68. The lowest BCUT2D eigenvalue weighted by atomic mass is 10.1. The number of morpholine rings is 1. The number of nitrogens with one attached hydrogen (secondary N) is 2. The Balaban J connectivity index is 1.39. The summed E-state index contributed by atoms with van der Waals surface area (Å²) < 4.78 is 11.2. The van der Waals surface area contributed by atoms with Crippen LogP contribution in [0.5, 0.6) is 5.75 Å². The Morgan fingerprint density at radius 3 is 2.91 bits per heavy atom. The van der Waals surface area contributed by atoms with Crippen LogP contribution in [0.1, 0.15) is 12.7 Å². The predicted octanol–water partition coefficient (Wildman–Crippen LogP) is 4.72. The molecular formula is C24H23N5O3S2. The van der Waals surface area contributed by atoms with Crippen molar-refractivity contribution in [3.05, 3.63) is 46.9 Å². The van der Waals surface area contributed by atoms with E-state index in [0.29, 0.717) is 18.0 Å². The largest absolute Gasteiger partial charge is 0.479 e. The van der Waals surface area contributed by atoms with Gasteiger partial charge in [0.05, 0.1) is 30.8 Å². The molecule has 0 radical (unpaired) electrons. The quantitative estimate of drug-likeness (QED) is 0.416. The Morgan fingerprint density at radius 2 is 2.09 bits per heavy atom. The van der Waals surface area contributed by atoms with Crippen LogP contribution in [0.3, 0.4) is 0 Å². The van der Waals surface area contributed by atoms with E-state index in [9.17, 15) is 4.79 Å². The molecule has 0 bridgehead atoms. The molecule has 2 aliphatic rings. The van der Waals surface area contributed by atoms with Crippen LogP contribution in [-0.4, -0.2) is 53.2 Å². The van der Waals surface area contributed by atoms with E-state index < -0.39 is 6.10 Å². The number of carbonyl (C=O) groups excluding carboxylic acids is 1. The number of thiophene rings is 2. The molecule has 10 heteroatoms. The fourth-order valence-electron chi connectivity index (χ4n) is 4.14. The van der Waals surface area contributed by atoms with Crippen LogP contribution >= 0.6 is 22.7 Å². The molecule has 0 spiro atoms. The number of anilines is 3. The lowest BCUT2D eigenvalue weighted by Gasteiger charge is -2.26. The van der Waals surface area contributed by atoms with Crippen molar-refractivity contribution in [2.45, 2.75) is 19.6 Å². The van der Waals surface area contributed by atoms with Crippen LogP contribution in [0.2, 0.25) is 0 Å². The zero-order valence-corrected chi connectivity index (χ0v) is 20.2. The molecule has 4 aromatic rings. The molecule has 174 valence electrons. The molecule has 1 amide bonds. The Labute approximate surface area is 204 Å². The summed E-state index contributed by atoms with van der Waals surface area (Å²) in [6, 6.07) is 9.86. The van der Waals surface area contributed by atoms with Crippen molar-refractivity contribution in [3.8, 4) is 16.2 Å². The number of nitrogens with zero attached hydrogens (tertiary/aromatic N) is 3. The van der Waals surface area contributed by atoms with Gasteiger partial charge in [-0.2, -0.15) is 0 Å². The van der Waals surface area contributed by atoms with E-state index in [1.54, 1.807) is 29.6 Å². The molecule has 34 heavy (non-hydrogen) atoms. The smallest absolute Gasteiger partial charge is 0.265 e. The number of fused-ring (bicyclic) bond motifs is 2. The lowest BCUT2D eigenvalue weighted by molar-refractivity contribution is -0.122. The second-order valence-electron chi connectivity index (χ2n) is 8.27. The molecule has 0 aliphatic carbocycles. The summed E-state index contributed by atoms with van der Waals surface area (Å²) in [6.07, 6.45) is -0.505. The van der Waals surface area contributed by atoms with Gasteiger partial charge in [0, 0.05) is 34.6 Å². The van der Waals surface area contributed by atoms with E-state index >= 15 is 0 Å². The summed E-state index contributed by atoms with van der Waals surface area (Å²) in [6.45, 7) is 5.62. The highest BCUT2D eigenvalue weighted by molar-refractivity contribution is 7.18. The molecule has 2 aliphatic heterocycles. The lowest BCUT2D eigenvalue weighted by Crippen LogP contribution is -2.36. The van der Waals surface area contributed by atoms with Gasteiger partial charge in [-0.05, 0) is 36.6 Å². The minimum absolute atomic E-state index is 0.153. The number of amides is 1. The molecule has 0 unspecified atom stereocenters. The number of benzene rings is 1. The summed E-state index contributed by atoms with van der Waals surface area (Å²) in [4.78, 5) is 26.4. The maximum absolute atomic E-state index is 12.1. The van der Waals surface area contributed by atoms with Gasteiger partial charge in [0.1, 0.15) is 22.2 Å². The number of hydrogen-bond donors (Lipinski definition) is 2. The Morgan fingerprint density at radius 1 is 1.21 bits per heavy atom. The van der Waals surface area contributed by atoms with Gasteiger partial charge >= 0.3 is 0 Å². The van der Waals surface area contributed by atoms with E-state index in [1.165, 1.54) is 4.88 Å².